The van der Waals surface area contributed by atoms with Gasteiger partial charge in [-0.15, -0.1) is 0 Å². The number of likely N-dealkylation sites (N-methyl/N-ethyl adjacent to an activating group) is 1. The molecule has 0 aliphatic heterocycles. The standard InChI is InChI=1S/C17H25N3O/c1-5-18-17(12-20-11-14(4)10-19-20)15-6-8-16(9-7-15)21-13(2)3/h6-11,13,17-18H,5,12H2,1-4H3. The second-order valence-corrected chi connectivity index (χ2v) is 5.59. The predicted octanol–water partition coefficient (Wildman–Crippen LogP) is 3.33. The van der Waals surface area contributed by atoms with Gasteiger partial charge in [0, 0.05) is 6.20 Å². The molecule has 2 rings (SSSR count). The Bertz CT molecular complexity index is 545. The van der Waals surface area contributed by atoms with Crippen LogP contribution in [0.25, 0.3) is 0 Å². The average molecular weight is 287 g/mol. The third-order valence-electron chi connectivity index (χ3n) is 3.24. The van der Waals surface area contributed by atoms with E-state index in [-0.39, 0.29) is 12.1 Å². The molecule has 1 atom stereocenters. The maximum absolute atomic E-state index is 5.69. The first-order valence-electron chi connectivity index (χ1n) is 7.57. The first kappa shape index (κ1) is 15.6. The van der Waals surface area contributed by atoms with E-state index in [2.05, 4.69) is 42.6 Å². The van der Waals surface area contributed by atoms with Gasteiger partial charge in [-0.1, -0.05) is 19.1 Å². The molecular formula is C17H25N3O. The molecule has 0 bridgehead atoms. The van der Waals surface area contributed by atoms with Crippen molar-refractivity contribution in [2.75, 3.05) is 6.54 Å². The fourth-order valence-corrected chi connectivity index (χ4v) is 2.34. The minimum atomic E-state index is 0.201. The molecule has 0 aliphatic rings. The molecule has 4 nitrogen and oxygen atoms in total. The zero-order valence-corrected chi connectivity index (χ0v) is 13.3. The van der Waals surface area contributed by atoms with E-state index in [0.717, 1.165) is 18.8 Å². The van der Waals surface area contributed by atoms with Crippen LogP contribution in [0.5, 0.6) is 5.75 Å². The van der Waals surface area contributed by atoms with E-state index in [1.807, 2.05) is 36.9 Å². The molecule has 0 spiro atoms. The van der Waals surface area contributed by atoms with Crippen molar-refractivity contribution in [3.63, 3.8) is 0 Å². The second kappa shape index (κ2) is 7.27. The summed E-state index contributed by atoms with van der Waals surface area (Å²) >= 11 is 0. The van der Waals surface area contributed by atoms with Gasteiger partial charge in [-0.2, -0.15) is 5.10 Å². The number of ether oxygens (including phenoxy) is 1. The van der Waals surface area contributed by atoms with Gasteiger partial charge in [-0.25, -0.2) is 0 Å². The quantitative estimate of drug-likeness (QED) is 0.849. The molecule has 1 heterocycles. The fraction of sp³-hybridized carbons (Fsp3) is 0.471. The zero-order chi connectivity index (χ0) is 15.2. The van der Waals surface area contributed by atoms with Gasteiger partial charge in [0.2, 0.25) is 0 Å². The van der Waals surface area contributed by atoms with E-state index >= 15 is 0 Å². The Morgan fingerprint density at radius 2 is 1.95 bits per heavy atom. The van der Waals surface area contributed by atoms with Crippen LogP contribution in [-0.4, -0.2) is 22.4 Å². The summed E-state index contributed by atoms with van der Waals surface area (Å²) in [5, 5.41) is 7.89. The van der Waals surface area contributed by atoms with Crippen molar-refractivity contribution >= 4 is 0 Å². The van der Waals surface area contributed by atoms with Gasteiger partial charge < -0.3 is 10.1 Å². The van der Waals surface area contributed by atoms with Crippen molar-refractivity contribution in [3.05, 3.63) is 47.8 Å². The first-order valence-corrected chi connectivity index (χ1v) is 7.57. The van der Waals surface area contributed by atoms with E-state index in [4.69, 9.17) is 4.74 Å². The van der Waals surface area contributed by atoms with Gasteiger partial charge in [0.15, 0.2) is 0 Å². The van der Waals surface area contributed by atoms with Gasteiger partial charge in [-0.05, 0) is 50.6 Å². The largest absolute Gasteiger partial charge is 0.491 e. The number of nitrogens with one attached hydrogen (secondary N) is 1. The fourth-order valence-electron chi connectivity index (χ4n) is 2.34. The summed E-state index contributed by atoms with van der Waals surface area (Å²) in [5.41, 5.74) is 2.44. The van der Waals surface area contributed by atoms with Crippen LogP contribution in [0.1, 0.15) is 37.9 Å². The van der Waals surface area contributed by atoms with E-state index in [1.165, 1.54) is 11.1 Å². The summed E-state index contributed by atoms with van der Waals surface area (Å²) in [6.07, 6.45) is 4.16. The Morgan fingerprint density at radius 1 is 1.24 bits per heavy atom. The van der Waals surface area contributed by atoms with Crippen LogP contribution < -0.4 is 10.1 Å². The van der Waals surface area contributed by atoms with Crippen molar-refractivity contribution in [1.82, 2.24) is 15.1 Å². The normalized spacial score (nSPS) is 12.6. The molecule has 0 aliphatic carbocycles. The summed E-state index contributed by atoms with van der Waals surface area (Å²) in [6.45, 7) is 10.0. The molecule has 0 saturated heterocycles. The van der Waals surface area contributed by atoms with Crippen LogP contribution in [0.15, 0.2) is 36.7 Å². The number of hydrogen-bond donors (Lipinski definition) is 1. The Kier molecular flexibility index (Phi) is 5.39. The number of aromatic nitrogens is 2. The molecule has 0 fully saturated rings. The number of benzene rings is 1. The van der Waals surface area contributed by atoms with Crippen molar-refractivity contribution in [1.29, 1.82) is 0 Å². The van der Waals surface area contributed by atoms with Crippen LogP contribution in [0, 0.1) is 6.92 Å². The summed E-state index contributed by atoms with van der Waals surface area (Å²) in [5.74, 6) is 0.916. The lowest BCUT2D eigenvalue weighted by molar-refractivity contribution is 0.242. The molecule has 0 radical (unpaired) electrons. The van der Waals surface area contributed by atoms with E-state index in [9.17, 15) is 0 Å². The Balaban J connectivity index is 2.10. The average Bonchev–Trinajstić information content (AvgIpc) is 2.84. The van der Waals surface area contributed by atoms with Gasteiger partial charge in [0.25, 0.3) is 0 Å². The molecule has 1 unspecified atom stereocenters. The van der Waals surface area contributed by atoms with Crippen molar-refractivity contribution in [3.8, 4) is 5.75 Å². The molecule has 114 valence electrons. The molecule has 0 saturated carbocycles. The highest BCUT2D eigenvalue weighted by Crippen LogP contribution is 2.20. The zero-order valence-electron chi connectivity index (χ0n) is 13.3. The number of rotatable bonds is 7. The topological polar surface area (TPSA) is 39.1 Å². The highest BCUT2D eigenvalue weighted by Gasteiger charge is 2.12. The molecule has 1 N–H and O–H groups in total. The van der Waals surface area contributed by atoms with Gasteiger partial charge in [0.1, 0.15) is 5.75 Å². The third-order valence-corrected chi connectivity index (χ3v) is 3.24. The highest BCUT2D eigenvalue weighted by molar-refractivity contribution is 5.29. The van der Waals surface area contributed by atoms with Gasteiger partial charge in [-0.3, -0.25) is 4.68 Å². The van der Waals surface area contributed by atoms with Crippen LogP contribution in [0.3, 0.4) is 0 Å². The van der Waals surface area contributed by atoms with Crippen LogP contribution in [-0.2, 0) is 6.54 Å². The summed E-state index contributed by atoms with van der Waals surface area (Å²) in [4.78, 5) is 0. The minimum absolute atomic E-state index is 0.201. The molecule has 4 heteroatoms. The smallest absolute Gasteiger partial charge is 0.119 e. The van der Waals surface area contributed by atoms with Crippen LogP contribution >= 0.6 is 0 Å². The number of nitrogens with zero attached hydrogens (tertiary/aromatic N) is 2. The second-order valence-electron chi connectivity index (χ2n) is 5.59. The maximum Gasteiger partial charge on any atom is 0.119 e. The lowest BCUT2D eigenvalue weighted by atomic mass is 10.1. The van der Waals surface area contributed by atoms with Crippen molar-refractivity contribution in [2.45, 2.75) is 46.4 Å². The molecule has 2 aromatic rings. The highest BCUT2D eigenvalue weighted by atomic mass is 16.5. The van der Waals surface area contributed by atoms with E-state index in [1.54, 1.807) is 0 Å². The Hall–Kier alpha value is -1.81. The summed E-state index contributed by atoms with van der Waals surface area (Å²) in [7, 11) is 0. The van der Waals surface area contributed by atoms with Gasteiger partial charge in [0.05, 0.1) is 24.9 Å². The molecule has 0 amide bonds. The van der Waals surface area contributed by atoms with Crippen molar-refractivity contribution < 1.29 is 4.74 Å². The monoisotopic (exact) mass is 287 g/mol. The minimum Gasteiger partial charge on any atom is -0.491 e. The van der Waals surface area contributed by atoms with Gasteiger partial charge >= 0.3 is 0 Å². The number of aryl methyl sites for hydroxylation is 1. The lowest BCUT2D eigenvalue weighted by Crippen LogP contribution is -2.25. The SMILES string of the molecule is CCNC(Cn1cc(C)cn1)c1ccc(OC(C)C)cc1. The predicted molar refractivity (Wildman–Crippen MR) is 85.6 cm³/mol. The third kappa shape index (κ3) is 4.60. The van der Waals surface area contributed by atoms with Crippen molar-refractivity contribution in [2.24, 2.45) is 0 Å². The summed E-state index contributed by atoms with van der Waals surface area (Å²) in [6, 6.07) is 8.58. The molecule has 1 aromatic heterocycles. The maximum atomic E-state index is 5.69. The number of hydrogen-bond acceptors (Lipinski definition) is 3. The molecule has 21 heavy (non-hydrogen) atoms. The lowest BCUT2D eigenvalue weighted by Gasteiger charge is -2.19. The molecule has 1 aromatic carbocycles. The Labute approximate surface area is 127 Å². The summed E-state index contributed by atoms with van der Waals surface area (Å²) < 4.78 is 7.68. The van der Waals surface area contributed by atoms with Crippen LogP contribution in [0.2, 0.25) is 0 Å². The molecular weight excluding hydrogens is 262 g/mol. The van der Waals surface area contributed by atoms with E-state index < -0.39 is 0 Å². The van der Waals surface area contributed by atoms with E-state index in [0.29, 0.717) is 0 Å². The van der Waals surface area contributed by atoms with Crippen LogP contribution in [0.4, 0.5) is 0 Å². The first-order chi connectivity index (χ1) is 10.1. The Morgan fingerprint density at radius 3 is 2.48 bits per heavy atom.